The number of aliphatic hydroxyl groups is 1. The summed E-state index contributed by atoms with van der Waals surface area (Å²) in [6.45, 7) is 9.23. The highest BCUT2D eigenvalue weighted by Gasteiger charge is 2.42. The number of aryl methyl sites for hydroxylation is 4. The van der Waals surface area contributed by atoms with Crippen molar-refractivity contribution in [2.45, 2.75) is 40.3 Å². The molecular weight excluding hydrogens is 316 g/mol. The summed E-state index contributed by atoms with van der Waals surface area (Å²) in [6.07, 6.45) is 1.87. The highest BCUT2D eigenvalue weighted by molar-refractivity contribution is 5.59. The quantitative estimate of drug-likeness (QED) is 0.892. The number of aliphatic hydroxyl groups excluding tert-OH is 1. The van der Waals surface area contributed by atoms with Crippen molar-refractivity contribution in [3.63, 3.8) is 0 Å². The third-order valence-corrected chi connectivity index (χ3v) is 4.45. The molecule has 0 radical (unpaired) electrons. The number of hydrogen-bond donors (Lipinski definition) is 2. The zero-order valence-corrected chi connectivity index (χ0v) is 15.1. The van der Waals surface area contributed by atoms with Gasteiger partial charge in [-0.2, -0.15) is 15.5 Å². The molecule has 0 fully saturated rings. The van der Waals surface area contributed by atoms with Gasteiger partial charge in [0.2, 0.25) is 0 Å². The molecule has 0 bridgehead atoms. The smallest absolute Gasteiger partial charge is 0.192 e. The standard InChI is InChI=1S/C18H22N6O/c1-11-6-17(23-14(4)7-12(2)21-23)20-18(10-25,16(11)9-19)24-15(5)8-13(3)22-24/h6-8,20,25H,10H2,1-5H3. The zero-order valence-electron chi connectivity index (χ0n) is 15.1. The monoisotopic (exact) mass is 338 g/mol. The Morgan fingerprint density at radius 1 is 1.12 bits per heavy atom. The molecule has 7 nitrogen and oxygen atoms in total. The molecule has 1 atom stereocenters. The predicted octanol–water partition coefficient (Wildman–Crippen LogP) is 1.90. The number of hydrogen-bond acceptors (Lipinski definition) is 5. The van der Waals surface area contributed by atoms with E-state index in [2.05, 4.69) is 21.6 Å². The Kier molecular flexibility index (Phi) is 4.01. The van der Waals surface area contributed by atoms with Crippen molar-refractivity contribution >= 4 is 5.82 Å². The Balaban J connectivity index is 2.23. The molecule has 0 aliphatic carbocycles. The minimum absolute atomic E-state index is 0.314. The van der Waals surface area contributed by atoms with Crippen molar-refractivity contribution in [1.82, 2.24) is 24.9 Å². The van der Waals surface area contributed by atoms with Crippen LogP contribution in [0, 0.1) is 39.0 Å². The third-order valence-electron chi connectivity index (χ3n) is 4.45. The molecule has 2 N–H and O–H groups in total. The Hall–Kier alpha value is -2.85. The number of aromatic nitrogens is 4. The van der Waals surface area contributed by atoms with Crippen molar-refractivity contribution in [1.29, 1.82) is 5.26 Å². The first-order chi connectivity index (χ1) is 11.8. The average molecular weight is 338 g/mol. The molecule has 3 heterocycles. The first kappa shape index (κ1) is 17.0. The number of nitriles is 1. The van der Waals surface area contributed by atoms with Crippen LogP contribution in [-0.2, 0) is 5.66 Å². The molecule has 130 valence electrons. The lowest BCUT2D eigenvalue weighted by molar-refractivity contribution is 0.131. The van der Waals surface area contributed by atoms with E-state index in [9.17, 15) is 10.4 Å². The Labute approximate surface area is 146 Å². The molecule has 2 aromatic rings. The van der Waals surface area contributed by atoms with Crippen molar-refractivity contribution in [2.75, 3.05) is 6.61 Å². The summed E-state index contributed by atoms with van der Waals surface area (Å²) in [6, 6.07) is 6.14. The van der Waals surface area contributed by atoms with Crippen molar-refractivity contribution in [2.24, 2.45) is 0 Å². The number of dihydropyridines is 1. The summed E-state index contributed by atoms with van der Waals surface area (Å²) < 4.78 is 3.46. The fraction of sp³-hybridized carbons (Fsp3) is 0.389. The number of nitrogens with zero attached hydrogens (tertiary/aromatic N) is 5. The summed E-state index contributed by atoms with van der Waals surface area (Å²) >= 11 is 0. The van der Waals surface area contributed by atoms with E-state index in [1.165, 1.54) is 0 Å². The van der Waals surface area contributed by atoms with E-state index in [4.69, 9.17) is 0 Å². The summed E-state index contributed by atoms with van der Waals surface area (Å²) in [4.78, 5) is 0. The van der Waals surface area contributed by atoms with Crippen LogP contribution in [0.5, 0.6) is 0 Å². The van der Waals surface area contributed by atoms with Crippen LogP contribution in [0.2, 0.25) is 0 Å². The number of rotatable bonds is 3. The largest absolute Gasteiger partial charge is 0.391 e. The van der Waals surface area contributed by atoms with Gasteiger partial charge in [-0.1, -0.05) is 0 Å². The zero-order chi connectivity index (χ0) is 18.4. The van der Waals surface area contributed by atoms with Crippen molar-refractivity contribution < 1.29 is 5.11 Å². The highest BCUT2D eigenvalue weighted by Crippen LogP contribution is 2.33. The van der Waals surface area contributed by atoms with Crippen LogP contribution in [-0.4, -0.2) is 31.3 Å². The lowest BCUT2D eigenvalue weighted by Crippen LogP contribution is -2.54. The fourth-order valence-electron chi connectivity index (χ4n) is 3.44. The molecular formula is C18H22N6O. The van der Waals surface area contributed by atoms with E-state index >= 15 is 0 Å². The molecule has 0 saturated heterocycles. The van der Waals surface area contributed by atoms with Crippen LogP contribution in [0.25, 0.3) is 5.82 Å². The minimum Gasteiger partial charge on any atom is -0.391 e. The third kappa shape index (κ3) is 2.55. The van der Waals surface area contributed by atoms with Gasteiger partial charge in [-0.15, -0.1) is 0 Å². The van der Waals surface area contributed by atoms with E-state index in [-0.39, 0.29) is 6.61 Å². The summed E-state index contributed by atoms with van der Waals surface area (Å²) in [5.74, 6) is 0.698. The number of allylic oxidation sites excluding steroid dienone is 2. The summed E-state index contributed by atoms with van der Waals surface area (Å²) in [7, 11) is 0. The molecule has 0 aromatic carbocycles. The van der Waals surface area contributed by atoms with Crippen LogP contribution in [0.4, 0.5) is 0 Å². The first-order valence-corrected chi connectivity index (χ1v) is 8.12. The Morgan fingerprint density at radius 3 is 2.24 bits per heavy atom. The topological polar surface area (TPSA) is 91.7 Å². The van der Waals surface area contributed by atoms with Crippen LogP contribution in [0.15, 0.2) is 29.4 Å². The molecule has 7 heteroatoms. The van der Waals surface area contributed by atoms with E-state index in [1.54, 1.807) is 9.36 Å². The SMILES string of the molecule is CC1=C(C#N)C(CO)(n2nc(C)cc2C)NC(n2nc(C)cc2C)=C1. The molecule has 2 aromatic heterocycles. The average Bonchev–Trinajstić information content (AvgIpc) is 3.07. The van der Waals surface area contributed by atoms with Crippen molar-refractivity contribution in [3.05, 3.63) is 52.1 Å². The summed E-state index contributed by atoms with van der Waals surface area (Å²) in [5.41, 5.74) is 3.58. The molecule has 1 aliphatic heterocycles. The van der Waals surface area contributed by atoms with Crippen LogP contribution >= 0.6 is 0 Å². The van der Waals surface area contributed by atoms with E-state index in [0.29, 0.717) is 11.4 Å². The fourth-order valence-corrected chi connectivity index (χ4v) is 3.44. The molecule has 25 heavy (non-hydrogen) atoms. The van der Waals surface area contributed by atoms with Gasteiger partial charge in [0.1, 0.15) is 5.82 Å². The van der Waals surface area contributed by atoms with Crippen molar-refractivity contribution in [3.8, 4) is 6.07 Å². The predicted molar refractivity (Wildman–Crippen MR) is 94.2 cm³/mol. The second kappa shape index (κ2) is 5.90. The van der Waals surface area contributed by atoms with E-state index < -0.39 is 5.66 Å². The normalized spacial score (nSPS) is 20.3. The number of nitrogens with one attached hydrogen (secondary N) is 1. The van der Waals surface area contributed by atoms with Gasteiger partial charge in [-0.3, -0.25) is 0 Å². The van der Waals surface area contributed by atoms with Gasteiger partial charge in [0, 0.05) is 11.4 Å². The second-order valence-corrected chi connectivity index (χ2v) is 6.52. The Morgan fingerprint density at radius 2 is 1.76 bits per heavy atom. The van der Waals surface area contributed by atoms with Crippen LogP contribution < -0.4 is 5.32 Å². The van der Waals surface area contributed by atoms with Gasteiger partial charge < -0.3 is 10.4 Å². The summed E-state index contributed by atoms with van der Waals surface area (Å²) in [5, 5.41) is 32.4. The molecule has 0 amide bonds. The van der Waals surface area contributed by atoms with Gasteiger partial charge in [-0.25, -0.2) is 9.36 Å². The first-order valence-electron chi connectivity index (χ1n) is 8.12. The maximum atomic E-state index is 10.3. The lowest BCUT2D eigenvalue weighted by Gasteiger charge is -2.39. The highest BCUT2D eigenvalue weighted by atomic mass is 16.3. The molecule has 0 spiro atoms. The van der Waals surface area contributed by atoms with Gasteiger partial charge in [0.05, 0.1) is 29.6 Å². The van der Waals surface area contributed by atoms with E-state index in [1.807, 2.05) is 52.8 Å². The molecule has 0 saturated carbocycles. The molecule has 1 unspecified atom stereocenters. The Bertz CT molecular complexity index is 939. The second-order valence-electron chi connectivity index (χ2n) is 6.52. The maximum absolute atomic E-state index is 10.3. The van der Waals surface area contributed by atoms with Gasteiger partial charge in [0.25, 0.3) is 0 Å². The minimum atomic E-state index is -1.16. The van der Waals surface area contributed by atoms with Crippen LogP contribution in [0.1, 0.15) is 29.7 Å². The maximum Gasteiger partial charge on any atom is 0.192 e. The van der Waals surface area contributed by atoms with Gasteiger partial charge >= 0.3 is 0 Å². The van der Waals surface area contributed by atoms with Gasteiger partial charge in [-0.05, 0) is 58.4 Å². The molecule has 1 aliphatic rings. The van der Waals surface area contributed by atoms with Crippen LogP contribution in [0.3, 0.4) is 0 Å². The lowest BCUT2D eigenvalue weighted by atomic mass is 9.92. The molecule has 3 rings (SSSR count). The van der Waals surface area contributed by atoms with E-state index in [0.717, 1.165) is 28.3 Å². The van der Waals surface area contributed by atoms with Gasteiger partial charge in [0.15, 0.2) is 5.66 Å².